The monoisotopic (exact) mass is 264 g/mol. The van der Waals surface area contributed by atoms with Crippen LogP contribution in [0.15, 0.2) is 18.2 Å². The Hall–Kier alpha value is -2.44. The molecule has 0 fully saturated rings. The lowest BCUT2D eigenvalue weighted by Crippen LogP contribution is -2.12. The van der Waals surface area contributed by atoms with E-state index in [9.17, 15) is 9.18 Å². The lowest BCUT2D eigenvalue weighted by Gasteiger charge is -2.06. The van der Waals surface area contributed by atoms with Gasteiger partial charge in [-0.25, -0.2) is 4.39 Å². The van der Waals surface area contributed by atoms with Gasteiger partial charge in [0, 0.05) is 11.6 Å². The molecule has 2 aromatic rings. The molecule has 1 aromatic heterocycles. The zero-order valence-electron chi connectivity index (χ0n) is 10.3. The number of hydrogen-bond donors (Lipinski definition) is 2. The molecule has 0 atom stereocenters. The maximum atomic E-state index is 13.5. The van der Waals surface area contributed by atoms with Gasteiger partial charge in [-0.3, -0.25) is 4.79 Å². The number of nitrogens with two attached hydrogens (primary N) is 1. The summed E-state index contributed by atoms with van der Waals surface area (Å²) in [4.78, 5) is 11.2. The minimum Gasteiger partial charge on any atom is -0.493 e. The third kappa shape index (κ3) is 2.87. The molecule has 1 aromatic carbocycles. The average Bonchev–Trinajstić information content (AvgIpc) is 2.85. The highest BCUT2D eigenvalue weighted by Crippen LogP contribution is 2.25. The van der Waals surface area contributed by atoms with Gasteiger partial charge in [-0.1, -0.05) is 6.92 Å². The number of aromatic nitrogens is 3. The number of carbonyl (C=O) groups excluding carboxylic acids is 1. The number of amides is 1. The number of halogens is 1. The van der Waals surface area contributed by atoms with Crippen LogP contribution in [0.4, 0.5) is 4.39 Å². The van der Waals surface area contributed by atoms with Crippen LogP contribution in [-0.2, 0) is 0 Å². The summed E-state index contributed by atoms with van der Waals surface area (Å²) < 4.78 is 18.9. The van der Waals surface area contributed by atoms with Crippen LogP contribution in [0.2, 0.25) is 0 Å². The smallest absolute Gasteiger partial charge is 0.271 e. The first-order chi connectivity index (χ1) is 9.11. The molecule has 1 heterocycles. The normalized spacial score (nSPS) is 10.4. The lowest BCUT2D eigenvalue weighted by atomic mass is 10.1. The van der Waals surface area contributed by atoms with E-state index in [1.54, 1.807) is 6.07 Å². The second kappa shape index (κ2) is 5.47. The molecule has 6 nitrogen and oxygen atoms in total. The van der Waals surface area contributed by atoms with Crippen molar-refractivity contribution in [2.24, 2.45) is 5.73 Å². The van der Waals surface area contributed by atoms with Gasteiger partial charge in [0.05, 0.1) is 6.61 Å². The summed E-state index contributed by atoms with van der Waals surface area (Å²) in [5.41, 5.74) is 5.72. The predicted octanol–water partition coefficient (Wildman–Crippen LogP) is 1.50. The number of carbonyl (C=O) groups is 1. The van der Waals surface area contributed by atoms with E-state index in [1.165, 1.54) is 12.1 Å². The van der Waals surface area contributed by atoms with E-state index in [0.717, 1.165) is 6.42 Å². The van der Waals surface area contributed by atoms with E-state index in [-0.39, 0.29) is 11.4 Å². The third-order valence-electron chi connectivity index (χ3n) is 2.40. The molecule has 7 heteroatoms. The zero-order valence-corrected chi connectivity index (χ0v) is 10.3. The van der Waals surface area contributed by atoms with Crippen LogP contribution in [0.3, 0.4) is 0 Å². The second-order valence-corrected chi connectivity index (χ2v) is 3.91. The molecular weight excluding hydrogens is 251 g/mol. The topological polar surface area (TPSA) is 93.9 Å². The number of benzene rings is 1. The van der Waals surface area contributed by atoms with E-state index in [1.807, 2.05) is 6.92 Å². The Morgan fingerprint density at radius 3 is 2.89 bits per heavy atom. The number of aromatic amines is 1. The van der Waals surface area contributed by atoms with Gasteiger partial charge in [0.2, 0.25) is 0 Å². The molecule has 1 amide bonds. The standard InChI is InChI=1S/C12H13FN4O2/c1-2-3-19-9-5-7(4-8(13)6-9)10-11(12(14)18)16-17-15-10/h4-6H,2-3H2,1H3,(H2,14,18)(H,15,16,17). The molecule has 0 saturated carbocycles. The number of primary amides is 1. The van der Waals surface area contributed by atoms with Crippen LogP contribution in [-0.4, -0.2) is 27.9 Å². The van der Waals surface area contributed by atoms with Crippen molar-refractivity contribution in [1.82, 2.24) is 15.4 Å². The van der Waals surface area contributed by atoms with Crippen molar-refractivity contribution >= 4 is 5.91 Å². The molecule has 0 aliphatic carbocycles. The largest absolute Gasteiger partial charge is 0.493 e. The molecular formula is C12H13FN4O2. The number of rotatable bonds is 5. The molecule has 0 saturated heterocycles. The van der Waals surface area contributed by atoms with Crippen molar-refractivity contribution in [1.29, 1.82) is 0 Å². The van der Waals surface area contributed by atoms with Crippen LogP contribution in [0, 0.1) is 5.82 Å². The number of nitrogens with zero attached hydrogens (tertiary/aromatic N) is 2. The molecule has 0 spiro atoms. The number of nitrogens with one attached hydrogen (secondary N) is 1. The minimum atomic E-state index is -0.732. The van der Waals surface area contributed by atoms with Crippen LogP contribution >= 0.6 is 0 Å². The Labute approximate surface area is 108 Å². The van der Waals surface area contributed by atoms with Crippen LogP contribution in [0.5, 0.6) is 5.75 Å². The highest BCUT2D eigenvalue weighted by molar-refractivity contribution is 5.96. The van der Waals surface area contributed by atoms with Gasteiger partial charge in [-0.05, 0) is 18.6 Å². The highest BCUT2D eigenvalue weighted by atomic mass is 19.1. The first-order valence-electron chi connectivity index (χ1n) is 5.76. The van der Waals surface area contributed by atoms with Crippen molar-refractivity contribution in [2.45, 2.75) is 13.3 Å². The summed E-state index contributed by atoms with van der Waals surface area (Å²) in [6.45, 7) is 2.42. The first-order valence-corrected chi connectivity index (χ1v) is 5.76. The third-order valence-corrected chi connectivity index (χ3v) is 2.40. The lowest BCUT2D eigenvalue weighted by molar-refractivity contribution is 0.0996. The van der Waals surface area contributed by atoms with Gasteiger partial charge in [-0.2, -0.15) is 15.4 Å². The van der Waals surface area contributed by atoms with E-state index in [2.05, 4.69) is 15.4 Å². The fraction of sp³-hybridized carbons (Fsp3) is 0.250. The molecule has 0 aliphatic heterocycles. The molecule has 0 unspecified atom stereocenters. The van der Waals surface area contributed by atoms with Gasteiger partial charge in [-0.15, -0.1) is 0 Å². The maximum absolute atomic E-state index is 13.5. The maximum Gasteiger partial charge on any atom is 0.271 e. The number of H-pyrrole nitrogens is 1. The van der Waals surface area contributed by atoms with Crippen molar-refractivity contribution in [3.63, 3.8) is 0 Å². The number of hydrogen-bond acceptors (Lipinski definition) is 4. The summed E-state index contributed by atoms with van der Waals surface area (Å²) in [5.74, 6) is -0.846. The van der Waals surface area contributed by atoms with Crippen molar-refractivity contribution < 1.29 is 13.9 Å². The van der Waals surface area contributed by atoms with Crippen molar-refractivity contribution in [3.05, 3.63) is 29.7 Å². The predicted molar refractivity (Wildman–Crippen MR) is 66.1 cm³/mol. The molecule has 2 rings (SSSR count). The summed E-state index contributed by atoms with van der Waals surface area (Å²) in [5, 5.41) is 9.75. The van der Waals surface area contributed by atoms with E-state index in [0.29, 0.717) is 17.9 Å². The Bertz CT molecular complexity index is 597. The van der Waals surface area contributed by atoms with Crippen molar-refractivity contribution in [2.75, 3.05) is 6.61 Å². The van der Waals surface area contributed by atoms with Crippen LogP contribution in [0.25, 0.3) is 11.3 Å². The van der Waals surface area contributed by atoms with E-state index in [4.69, 9.17) is 10.5 Å². The zero-order chi connectivity index (χ0) is 13.8. The average molecular weight is 264 g/mol. The fourth-order valence-electron chi connectivity index (χ4n) is 1.61. The Morgan fingerprint density at radius 2 is 2.21 bits per heavy atom. The summed E-state index contributed by atoms with van der Waals surface area (Å²) in [7, 11) is 0. The second-order valence-electron chi connectivity index (χ2n) is 3.91. The molecule has 0 bridgehead atoms. The Morgan fingerprint density at radius 1 is 1.42 bits per heavy atom. The van der Waals surface area contributed by atoms with Gasteiger partial charge in [0.15, 0.2) is 5.69 Å². The molecule has 100 valence electrons. The minimum absolute atomic E-state index is 0.0351. The van der Waals surface area contributed by atoms with Crippen LogP contribution < -0.4 is 10.5 Å². The summed E-state index contributed by atoms with van der Waals surface area (Å²) in [6, 6.07) is 4.09. The van der Waals surface area contributed by atoms with Gasteiger partial charge < -0.3 is 10.5 Å². The van der Waals surface area contributed by atoms with Crippen LogP contribution in [0.1, 0.15) is 23.8 Å². The van der Waals surface area contributed by atoms with E-state index >= 15 is 0 Å². The molecule has 0 radical (unpaired) electrons. The molecule has 19 heavy (non-hydrogen) atoms. The van der Waals surface area contributed by atoms with Gasteiger partial charge >= 0.3 is 0 Å². The van der Waals surface area contributed by atoms with Gasteiger partial charge in [0.25, 0.3) is 5.91 Å². The number of ether oxygens (including phenoxy) is 1. The quantitative estimate of drug-likeness (QED) is 0.855. The SMILES string of the molecule is CCCOc1cc(F)cc(-c2n[nH]nc2C(N)=O)c1. The summed E-state index contributed by atoms with van der Waals surface area (Å²) >= 11 is 0. The Balaban J connectivity index is 2.41. The first kappa shape index (κ1) is 13.0. The highest BCUT2D eigenvalue weighted by Gasteiger charge is 2.16. The molecule has 0 aliphatic rings. The summed E-state index contributed by atoms with van der Waals surface area (Å²) in [6.07, 6.45) is 0.808. The Kier molecular flexibility index (Phi) is 3.74. The fourth-order valence-corrected chi connectivity index (χ4v) is 1.61. The van der Waals surface area contributed by atoms with E-state index < -0.39 is 11.7 Å². The van der Waals surface area contributed by atoms with Gasteiger partial charge in [0.1, 0.15) is 17.3 Å². The van der Waals surface area contributed by atoms with Crippen molar-refractivity contribution in [3.8, 4) is 17.0 Å². The molecule has 3 N–H and O–H groups in total.